The van der Waals surface area contributed by atoms with E-state index in [9.17, 15) is 4.79 Å². The molecule has 0 radical (unpaired) electrons. The summed E-state index contributed by atoms with van der Waals surface area (Å²) in [6.45, 7) is 0.0179. The third kappa shape index (κ3) is 2.84. The van der Waals surface area contributed by atoms with Crippen LogP contribution in [0.3, 0.4) is 0 Å². The maximum absolute atomic E-state index is 10.1. The zero-order valence-electron chi connectivity index (χ0n) is 7.37. The lowest BCUT2D eigenvalue weighted by Gasteiger charge is -2.09. The number of benzene rings is 1. The third-order valence-corrected chi connectivity index (χ3v) is 1.72. The van der Waals surface area contributed by atoms with Gasteiger partial charge in [-0.15, -0.1) is 0 Å². The van der Waals surface area contributed by atoms with E-state index in [0.29, 0.717) is 16.1 Å². The minimum Gasteiger partial charge on any atom is -0.423 e. The third-order valence-electron chi connectivity index (χ3n) is 1.72. The molecule has 1 aromatic carbocycles. The molecule has 0 aliphatic rings. The number of hydrogen-bond donors (Lipinski definition) is 3. The van der Waals surface area contributed by atoms with Crippen LogP contribution in [0.1, 0.15) is 5.56 Å². The summed E-state index contributed by atoms with van der Waals surface area (Å²) >= 11 is 0. The molecule has 0 heterocycles. The molecule has 0 atom stereocenters. The summed E-state index contributed by atoms with van der Waals surface area (Å²) in [6.07, 6.45) is 0.280. The Labute approximate surface area is 81.3 Å². The van der Waals surface area contributed by atoms with Gasteiger partial charge in [0.05, 0.1) is 6.54 Å². The number of hydroxylamine groups is 2. The average molecular weight is 195 g/mol. The molecule has 1 rings (SSSR count). The minimum absolute atomic E-state index is 0.0179. The molecule has 0 bridgehead atoms. The highest BCUT2D eigenvalue weighted by atomic mass is 16.5. The quantitative estimate of drug-likeness (QED) is 0.242. The summed E-state index contributed by atoms with van der Waals surface area (Å²) < 4.78 is 0. The first-order valence-corrected chi connectivity index (χ1v) is 3.99. The first kappa shape index (κ1) is 10.7. The predicted molar refractivity (Wildman–Crippen MR) is 49.7 cm³/mol. The van der Waals surface area contributed by atoms with Crippen LogP contribution in [0.25, 0.3) is 0 Å². The van der Waals surface area contributed by atoms with Gasteiger partial charge in [-0.3, -0.25) is 10.0 Å². The van der Waals surface area contributed by atoms with Gasteiger partial charge in [-0.25, -0.2) is 5.06 Å². The fourth-order valence-corrected chi connectivity index (χ4v) is 1.08. The topological polar surface area (TPSA) is 81.0 Å². The Hall–Kier alpha value is -1.37. The van der Waals surface area contributed by atoms with Crippen LogP contribution in [0, 0.1) is 0 Å². The highest BCUT2D eigenvalue weighted by molar-refractivity contribution is 6.58. The SMILES string of the molecule is O=CN(O)Cc1cccc(B(O)O)c1. The Morgan fingerprint density at radius 1 is 1.43 bits per heavy atom. The second kappa shape index (κ2) is 4.76. The largest absolute Gasteiger partial charge is 0.488 e. The molecule has 0 aliphatic carbocycles. The van der Waals surface area contributed by atoms with Crippen molar-refractivity contribution in [1.82, 2.24) is 5.06 Å². The van der Waals surface area contributed by atoms with Crippen LogP contribution in [-0.2, 0) is 11.3 Å². The molecular weight excluding hydrogens is 185 g/mol. The van der Waals surface area contributed by atoms with Crippen molar-refractivity contribution in [2.75, 3.05) is 0 Å². The van der Waals surface area contributed by atoms with Gasteiger partial charge in [-0.1, -0.05) is 24.3 Å². The molecule has 0 saturated carbocycles. The van der Waals surface area contributed by atoms with E-state index in [4.69, 9.17) is 15.3 Å². The number of rotatable bonds is 4. The van der Waals surface area contributed by atoms with Crippen LogP contribution in [-0.4, -0.2) is 33.8 Å². The molecule has 6 heteroatoms. The second-order valence-electron chi connectivity index (χ2n) is 2.82. The monoisotopic (exact) mass is 195 g/mol. The van der Waals surface area contributed by atoms with Gasteiger partial charge in [0, 0.05) is 0 Å². The summed E-state index contributed by atoms with van der Waals surface area (Å²) in [5, 5.41) is 27.1. The first-order valence-electron chi connectivity index (χ1n) is 3.99. The Kier molecular flexibility index (Phi) is 3.64. The summed E-state index contributed by atoms with van der Waals surface area (Å²) in [7, 11) is -1.54. The Morgan fingerprint density at radius 2 is 2.14 bits per heavy atom. The van der Waals surface area contributed by atoms with Crippen molar-refractivity contribution in [2.45, 2.75) is 6.54 Å². The van der Waals surface area contributed by atoms with Crippen molar-refractivity contribution in [3.63, 3.8) is 0 Å². The molecule has 1 amide bonds. The molecule has 3 N–H and O–H groups in total. The molecule has 1 aromatic rings. The summed E-state index contributed by atoms with van der Waals surface area (Å²) in [5.74, 6) is 0. The number of amides is 1. The van der Waals surface area contributed by atoms with Gasteiger partial charge in [0.2, 0.25) is 6.41 Å². The van der Waals surface area contributed by atoms with Crippen LogP contribution < -0.4 is 5.46 Å². The van der Waals surface area contributed by atoms with E-state index in [2.05, 4.69) is 0 Å². The highest BCUT2D eigenvalue weighted by Gasteiger charge is 2.11. The lowest BCUT2D eigenvalue weighted by atomic mass is 9.80. The number of nitrogens with zero attached hydrogens (tertiary/aromatic N) is 1. The van der Waals surface area contributed by atoms with Gasteiger partial charge in [0.25, 0.3) is 0 Å². The summed E-state index contributed by atoms with van der Waals surface area (Å²) in [4.78, 5) is 10.1. The van der Waals surface area contributed by atoms with E-state index in [0.717, 1.165) is 0 Å². The van der Waals surface area contributed by atoms with Crippen molar-refractivity contribution in [1.29, 1.82) is 0 Å². The molecule has 14 heavy (non-hydrogen) atoms. The minimum atomic E-state index is -1.54. The standard InChI is InChI=1S/C8H10BNO4/c11-6-10(14)5-7-2-1-3-8(4-7)9(12)13/h1-4,6,12-14H,5H2. The van der Waals surface area contributed by atoms with Crippen molar-refractivity contribution < 1.29 is 20.0 Å². The van der Waals surface area contributed by atoms with Gasteiger partial charge < -0.3 is 10.0 Å². The van der Waals surface area contributed by atoms with E-state index < -0.39 is 7.12 Å². The van der Waals surface area contributed by atoms with Crippen LogP contribution in [0.15, 0.2) is 24.3 Å². The Morgan fingerprint density at radius 3 is 2.71 bits per heavy atom. The second-order valence-corrected chi connectivity index (χ2v) is 2.82. The molecule has 0 saturated heterocycles. The maximum atomic E-state index is 10.1. The molecular formula is C8H10BNO4. The highest BCUT2D eigenvalue weighted by Crippen LogP contribution is 1.99. The zero-order valence-corrected chi connectivity index (χ0v) is 7.37. The predicted octanol–water partition coefficient (Wildman–Crippen LogP) is -1.29. The van der Waals surface area contributed by atoms with E-state index in [1.165, 1.54) is 12.1 Å². The fourth-order valence-electron chi connectivity index (χ4n) is 1.08. The Bertz CT molecular complexity index is 318. The Balaban J connectivity index is 2.78. The van der Waals surface area contributed by atoms with Gasteiger partial charge in [0.1, 0.15) is 0 Å². The number of carbonyl (C=O) groups excluding carboxylic acids is 1. The molecule has 0 unspecified atom stereocenters. The molecule has 5 nitrogen and oxygen atoms in total. The zero-order chi connectivity index (χ0) is 10.6. The van der Waals surface area contributed by atoms with Gasteiger partial charge in [-0.05, 0) is 11.0 Å². The first-order chi connectivity index (χ1) is 6.63. The van der Waals surface area contributed by atoms with Crippen LogP contribution in [0.5, 0.6) is 0 Å². The van der Waals surface area contributed by atoms with Crippen molar-refractivity contribution in [3.8, 4) is 0 Å². The summed E-state index contributed by atoms with van der Waals surface area (Å²) in [6, 6.07) is 6.32. The van der Waals surface area contributed by atoms with Crippen molar-refractivity contribution in [3.05, 3.63) is 29.8 Å². The molecule has 0 spiro atoms. The van der Waals surface area contributed by atoms with E-state index >= 15 is 0 Å². The van der Waals surface area contributed by atoms with Crippen molar-refractivity contribution >= 4 is 19.0 Å². The van der Waals surface area contributed by atoms with Crippen LogP contribution >= 0.6 is 0 Å². The van der Waals surface area contributed by atoms with Crippen LogP contribution in [0.2, 0.25) is 0 Å². The molecule has 0 aromatic heterocycles. The molecule has 0 aliphatic heterocycles. The fraction of sp³-hybridized carbons (Fsp3) is 0.125. The lowest BCUT2D eigenvalue weighted by molar-refractivity contribution is -0.152. The smallest absolute Gasteiger partial charge is 0.423 e. The normalized spacial score (nSPS) is 9.64. The maximum Gasteiger partial charge on any atom is 0.488 e. The summed E-state index contributed by atoms with van der Waals surface area (Å²) in [5.41, 5.74) is 0.937. The van der Waals surface area contributed by atoms with E-state index in [1.54, 1.807) is 12.1 Å². The van der Waals surface area contributed by atoms with Crippen LogP contribution in [0.4, 0.5) is 0 Å². The lowest BCUT2D eigenvalue weighted by Crippen LogP contribution is -2.30. The van der Waals surface area contributed by atoms with E-state index in [-0.39, 0.29) is 13.0 Å². The molecule has 0 fully saturated rings. The average Bonchev–Trinajstić information content (AvgIpc) is 2.18. The number of carbonyl (C=O) groups is 1. The van der Waals surface area contributed by atoms with Gasteiger partial charge in [-0.2, -0.15) is 0 Å². The van der Waals surface area contributed by atoms with E-state index in [1.807, 2.05) is 0 Å². The number of hydrogen-bond acceptors (Lipinski definition) is 4. The molecule has 74 valence electrons. The van der Waals surface area contributed by atoms with Gasteiger partial charge >= 0.3 is 7.12 Å². The van der Waals surface area contributed by atoms with Crippen molar-refractivity contribution in [2.24, 2.45) is 0 Å². The van der Waals surface area contributed by atoms with Gasteiger partial charge in [0.15, 0.2) is 0 Å².